The molecule has 4 heteroatoms. The number of aliphatic hydroxyl groups is 3. The Labute approximate surface area is 146 Å². The van der Waals surface area contributed by atoms with E-state index >= 15 is 0 Å². The summed E-state index contributed by atoms with van der Waals surface area (Å²) in [6.45, 7) is 10.8. The maximum atomic E-state index is 10.5. The number of fused-ring (bicyclic) bond motifs is 3. The summed E-state index contributed by atoms with van der Waals surface area (Å²) in [5.41, 5.74) is -0.805. The molecule has 0 amide bonds. The number of hydrogen-bond acceptors (Lipinski definition) is 4. The van der Waals surface area contributed by atoms with Crippen molar-refractivity contribution < 1.29 is 20.1 Å². The van der Waals surface area contributed by atoms with E-state index in [2.05, 4.69) is 27.7 Å². The molecule has 3 fully saturated rings. The molecule has 24 heavy (non-hydrogen) atoms. The first-order chi connectivity index (χ1) is 11.0. The van der Waals surface area contributed by atoms with Crippen LogP contribution in [0.5, 0.6) is 0 Å². The first-order valence-electron chi connectivity index (χ1n) is 9.67. The van der Waals surface area contributed by atoms with Gasteiger partial charge in [0, 0.05) is 0 Å². The third kappa shape index (κ3) is 2.48. The molecular weight excluding hydrogens is 304 g/mol. The van der Waals surface area contributed by atoms with Crippen molar-refractivity contribution >= 4 is 0 Å². The van der Waals surface area contributed by atoms with E-state index in [9.17, 15) is 15.3 Å². The summed E-state index contributed by atoms with van der Waals surface area (Å²) in [7, 11) is 0. The standard InChI is InChI=1S/C20H36O4/c1-17(2)13-6-10-19(4)14(18(13,3)9-8-15(17)22)7-11-20(5,24-19)16(23)12-21/h13-16,21-23H,6-12H2,1-5H3/t13-,14+,15+,16-,18-,19+,20-/m1/s1. The summed E-state index contributed by atoms with van der Waals surface area (Å²) in [5.74, 6) is 0.942. The van der Waals surface area contributed by atoms with Crippen molar-refractivity contribution in [1.29, 1.82) is 0 Å². The molecule has 0 aromatic rings. The van der Waals surface area contributed by atoms with Crippen LogP contribution < -0.4 is 0 Å². The quantitative estimate of drug-likeness (QED) is 0.723. The van der Waals surface area contributed by atoms with Gasteiger partial charge in [0.15, 0.2) is 0 Å². The lowest BCUT2D eigenvalue weighted by Gasteiger charge is -2.66. The molecule has 1 heterocycles. The molecule has 2 saturated carbocycles. The average molecular weight is 341 g/mol. The minimum Gasteiger partial charge on any atom is -0.394 e. The number of ether oxygens (including phenoxy) is 1. The zero-order valence-corrected chi connectivity index (χ0v) is 16.0. The maximum absolute atomic E-state index is 10.5. The number of rotatable bonds is 2. The van der Waals surface area contributed by atoms with E-state index in [1.165, 1.54) is 0 Å². The predicted octanol–water partition coefficient (Wildman–Crippen LogP) is 2.88. The smallest absolute Gasteiger partial charge is 0.106 e. The van der Waals surface area contributed by atoms with Crippen molar-refractivity contribution in [3.05, 3.63) is 0 Å². The van der Waals surface area contributed by atoms with Gasteiger partial charge in [0.1, 0.15) is 6.10 Å². The van der Waals surface area contributed by atoms with Gasteiger partial charge in [-0.2, -0.15) is 0 Å². The van der Waals surface area contributed by atoms with E-state index in [0.717, 1.165) is 38.5 Å². The van der Waals surface area contributed by atoms with Crippen LogP contribution in [0, 0.1) is 22.7 Å². The van der Waals surface area contributed by atoms with Gasteiger partial charge in [-0.05, 0) is 75.0 Å². The zero-order chi connectivity index (χ0) is 18.0. The van der Waals surface area contributed by atoms with Gasteiger partial charge >= 0.3 is 0 Å². The third-order valence-electron chi connectivity index (χ3n) is 8.25. The minimum absolute atomic E-state index is 0.0559. The first kappa shape index (κ1) is 18.6. The molecule has 0 aromatic carbocycles. The Morgan fingerprint density at radius 3 is 2.21 bits per heavy atom. The topological polar surface area (TPSA) is 69.9 Å². The van der Waals surface area contributed by atoms with Gasteiger partial charge in [0.25, 0.3) is 0 Å². The van der Waals surface area contributed by atoms with Gasteiger partial charge in [-0.15, -0.1) is 0 Å². The Morgan fingerprint density at radius 2 is 1.58 bits per heavy atom. The van der Waals surface area contributed by atoms with Crippen LogP contribution in [0.3, 0.4) is 0 Å². The molecule has 1 saturated heterocycles. The Bertz CT molecular complexity index is 492. The van der Waals surface area contributed by atoms with Crippen LogP contribution in [0.4, 0.5) is 0 Å². The normalized spacial score (nSPS) is 52.2. The Morgan fingerprint density at radius 1 is 0.958 bits per heavy atom. The summed E-state index contributed by atoms with van der Waals surface area (Å²) in [5, 5.41) is 30.2. The molecule has 1 aliphatic heterocycles. The van der Waals surface area contributed by atoms with Crippen molar-refractivity contribution in [2.45, 2.75) is 96.6 Å². The summed E-state index contributed by atoms with van der Waals surface area (Å²) in [6.07, 6.45) is 4.68. The molecule has 0 unspecified atom stereocenters. The molecule has 3 N–H and O–H groups in total. The Balaban J connectivity index is 1.91. The highest BCUT2D eigenvalue weighted by atomic mass is 16.5. The fourth-order valence-electron chi connectivity index (χ4n) is 6.70. The lowest BCUT2D eigenvalue weighted by molar-refractivity contribution is -0.293. The van der Waals surface area contributed by atoms with Crippen LogP contribution in [-0.4, -0.2) is 45.3 Å². The van der Waals surface area contributed by atoms with Crippen LogP contribution >= 0.6 is 0 Å². The second-order valence-corrected chi connectivity index (χ2v) is 9.99. The summed E-state index contributed by atoms with van der Waals surface area (Å²) in [6, 6.07) is 0. The molecule has 2 aliphatic carbocycles. The SMILES string of the molecule is CC1(C)[C@H]2CC[C@]3(C)O[C@@](C)([C@H](O)CO)CC[C@H]3[C@]2(C)CC[C@@H]1O. The molecule has 7 atom stereocenters. The van der Waals surface area contributed by atoms with Crippen LogP contribution in [0.25, 0.3) is 0 Å². The molecule has 0 aromatic heterocycles. The third-order valence-corrected chi connectivity index (χ3v) is 8.25. The molecule has 0 radical (unpaired) electrons. The Kier molecular flexibility index (Phi) is 4.40. The summed E-state index contributed by atoms with van der Waals surface area (Å²) >= 11 is 0. The Hall–Kier alpha value is -0.160. The molecule has 4 nitrogen and oxygen atoms in total. The van der Waals surface area contributed by atoms with Crippen LogP contribution in [0.2, 0.25) is 0 Å². The van der Waals surface area contributed by atoms with Crippen LogP contribution in [-0.2, 0) is 4.74 Å². The van der Waals surface area contributed by atoms with Crippen LogP contribution in [0.15, 0.2) is 0 Å². The fourth-order valence-corrected chi connectivity index (χ4v) is 6.70. The van der Waals surface area contributed by atoms with E-state index in [4.69, 9.17) is 4.74 Å². The van der Waals surface area contributed by atoms with Crippen molar-refractivity contribution in [2.75, 3.05) is 6.61 Å². The highest BCUT2D eigenvalue weighted by Gasteiger charge is 2.63. The summed E-state index contributed by atoms with van der Waals surface area (Å²) < 4.78 is 6.55. The summed E-state index contributed by atoms with van der Waals surface area (Å²) in [4.78, 5) is 0. The van der Waals surface area contributed by atoms with E-state index in [1.54, 1.807) is 0 Å². The molecule has 0 bridgehead atoms. The van der Waals surface area contributed by atoms with Gasteiger partial charge in [-0.3, -0.25) is 0 Å². The van der Waals surface area contributed by atoms with Gasteiger partial charge in [-0.25, -0.2) is 0 Å². The van der Waals surface area contributed by atoms with Gasteiger partial charge < -0.3 is 20.1 Å². The second-order valence-electron chi connectivity index (χ2n) is 9.99. The monoisotopic (exact) mass is 340 g/mol. The second kappa shape index (κ2) is 5.67. The van der Waals surface area contributed by atoms with Gasteiger partial charge in [0.2, 0.25) is 0 Å². The highest BCUT2D eigenvalue weighted by molar-refractivity contribution is 5.12. The van der Waals surface area contributed by atoms with Crippen molar-refractivity contribution in [3.8, 4) is 0 Å². The van der Waals surface area contributed by atoms with Gasteiger partial charge in [-0.1, -0.05) is 20.8 Å². The first-order valence-corrected chi connectivity index (χ1v) is 9.67. The van der Waals surface area contributed by atoms with E-state index < -0.39 is 11.7 Å². The number of aliphatic hydroxyl groups excluding tert-OH is 3. The highest BCUT2D eigenvalue weighted by Crippen LogP contribution is 2.65. The fraction of sp³-hybridized carbons (Fsp3) is 1.00. The largest absolute Gasteiger partial charge is 0.394 e. The van der Waals surface area contributed by atoms with E-state index in [-0.39, 0.29) is 29.1 Å². The molecule has 0 spiro atoms. The van der Waals surface area contributed by atoms with Gasteiger partial charge in [0.05, 0.1) is 23.9 Å². The predicted molar refractivity (Wildman–Crippen MR) is 93.6 cm³/mol. The molecule has 3 rings (SSSR count). The van der Waals surface area contributed by atoms with Crippen molar-refractivity contribution in [2.24, 2.45) is 22.7 Å². The molecular formula is C20H36O4. The minimum atomic E-state index is -0.828. The average Bonchev–Trinajstić information content (AvgIpc) is 2.49. The van der Waals surface area contributed by atoms with Crippen molar-refractivity contribution in [3.63, 3.8) is 0 Å². The van der Waals surface area contributed by atoms with E-state index in [1.807, 2.05) is 6.92 Å². The maximum Gasteiger partial charge on any atom is 0.106 e. The molecule has 140 valence electrons. The van der Waals surface area contributed by atoms with Crippen molar-refractivity contribution in [1.82, 2.24) is 0 Å². The number of hydrogen-bond donors (Lipinski definition) is 3. The lowest BCUT2D eigenvalue weighted by Crippen LogP contribution is -2.66. The lowest BCUT2D eigenvalue weighted by atomic mass is 9.44. The molecule has 3 aliphatic rings. The van der Waals surface area contributed by atoms with E-state index in [0.29, 0.717) is 11.8 Å². The zero-order valence-electron chi connectivity index (χ0n) is 16.0. The van der Waals surface area contributed by atoms with Crippen LogP contribution in [0.1, 0.15) is 73.1 Å².